The van der Waals surface area contributed by atoms with Crippen LogP contribution in [0.2, 0.25) is 0 Å². The van der Waals surface area contributed by atoms with E-state index >= 15 is 0 Å². The van der Waals surface area contributed by atoms with E-state index in [9.17, 15) is 9.59 Å². The van der Waals surface area contributed by atoms with Crippen LogP contribution in [0.4, 0.5) is 0 Å². The topological polar surface area (TPSA) is 66.4 Å². The van der Waals surface area contributed by atoms with Gasteiger partial charge >= 0.3 is 0 Å². The van der Waals surface area contributed by atoms with Gasteiger partial charge in [0.05, 0.1) is 0 Å². The fourth-order valence-electron chi connectivity index (χ4n) is 2.96. The molecule has 2 rings (SSSR count). The Kier molecular flexibility index (Phi) is 5.69. The predicted octanol–water partition coefficient (Wildman–Crippen LogP) is 1.53. The number of aromatic nitrogens is 2. The summed E-state index contributed by atoms with van der Waals surface area (Å²) in [5.74, 6) is 1.22. The van der Waals surface area contributed by atoms with Gasteiger partial charge in [0.1, 0.15) is 5.82 Å². The summed E-state index contributed by atoms with van der Waals surface area (Å²) < 4.78 is 0. The first kappa shape index (κ1) is 17.4. The molecule has 1 aliphatic heterocycles. The molecule has 6 heteroatoms. The molecule has 1 aromatic heterocycles. The van der Waals surface area contributed by atoms with Crippen LogP contribution in [0.3, 0.4) is 0 Å². The van der Waals surface area contributed by atoms with E-state index in [0.29, 0.717) is 12.8 Å². The Hall–Kier alpha value is -1.98. The average molecular weight is 318 g/mol. The van der Waals surface area contributed by atoms with Crippen molar-refractivity contribution in [2.24, 2.45) is 0 Å². The summed E-state index contributed by atoms with van der Waals surface area (Å²) in [6.45, 7) is 5.06. The molecule has 0 saturated carbocycles. The van der Waals surface area contributed by atoms with Crippen molar-refractivity contribution in [2.75, 3.05) is 27.2 Å². The number of carbonyl (C=O) groups is 2. The molecule has 2 amide bonds. The number of rotatable bonds is 4. The van der Waals surface area contributed by atoms with Gasteiger partial charge in [0.2, 0.25) is 11.8 Å². The Balaban J connectivity index is 2.10. The molecule has 0 radical (unpaired) electrons. The van der Waals surface area contributed by atoms with Crippen molar-refractivity contribution in [1.82, 2.24) is 19.8 Å². The van der Waals surface area contributed by atoms with Crippen LogP contribution in [0.1, 0.15) is 49.3 Å². The molecular weight excluding hydrogens is 292 g/mol. The first-order chi connectivity index (χ1) is 10.9. The third kappa shape index (κ3) is 4.74. The molecule has 6 nitrogen and oxygen atoms in total. The van der Waals surface area contributed by atoms with Crippen molar-refractivity contribution in [3.05, 3.63) is 23.3 Å². The zero-order valence-corrected chi connectivity index (χ0v) is 14.5. The van der Waals surface area contributed by atoms with Crippen molar-refractivity contribution in [2.45, 2.75) is 45.4 Å². The Morgan fingerprint density at radius 3 is 2.74 bits per heavy atom. The van der Waals surface area contributed by atoms with Crippen molar-refractivity contribution in [1.29, 1.82) is 0 Å². The maximum atomic E-state index is 11.7. The van der Waals surface area contributed by atoms with E-state index in [0.717, 1.165) is 43.1 Å². The summed E-state index contributed by atoms with van der Waals surface area (Å²) in [6, 6.07) is 2.00. The van der Waals surface area contributed by atoms with Crippen LogP contribution >= 0.6 is 0 Å². The smallest absolute Gasteiger partial charge is 0.222 e. The zero-order chi connectivity index (χ0) is 17.0. The number of hydrogen-bond donors (Lipinski definition) is 0. The second kappa shape index (κ2) is 7.53. The number of amides is 2. The van der Waals surface area contributed by atoms with Gasteiger partial charge < -0.3 is 9.80 Å². The first-order valence-corrected chi connectivity index (χ1v) is 8.17. The zero-order valence-electron chi connectivity index (χ0n) is 14.5. The van der Waals surface area contributed by atoms with E-state index in [1.165, 1.54) is 0 Å². The van der Waals surface area contributed by atoms with E-state index in [4.69, 9.17) is 0 Å². The number of piperidine rings is 1. The number of carbonyl (C=O) groups excluding carboxylic acids is 2. The van der Waals surface area contributed by atoms with E-state index < -0.39 is 0 Å². The lowest BCUT2D eigenvalue weighted by Crippen LogP contribution is -2.38. The first-order valence-electron chi connectivity index (χ1n) is 8.17. The monoisotopic (exact) mass is 318 g/mol. The van der Waals surface area contributed by atoms with Crippen LogP contribution in [0.25, 0.3) is 0 Å². The molecule has 1 atom stereocenters. The van der Waals surface area contributed by atoms with Crippen LogP contribution in [0.15, 0.2) is 6.07 Å². The van der Waals surface area contributed by atoms with Crippen LogP contribution < -0.4 is 0 Å². The van der Waals surface area contributed by atoms with Gasteiger partial charge in [-0.25, -0.2) is 9.97 Å². The molecule has 1 saturated heterocycles. The summed E-state index contributed by atoms with van der Waals surface area (Å²) in [5.41, 5.74) is 1.90. The van der Waals surface area contributed by atoms with Gasteiger partial charge in [-0.05, 0) is 32.3 Å². The maximum Gasteiger partial charge on any atom is 0.222 e. The summed E-state index contributed by atoms with van der Waals surface area (Å²) in [7, 11) is 3.52. The van der Waals surface area contributed by atoms with Crippen molar-refractivity contribution < 1.29 is 9.59 Å². The van der Waals surface area contributed by atoms with Gasteiger partial charge in [0.15, 0.2) is 0 Å². The summed E-state index contributed by atoms with van der Waals surface area (Å²) in [4.78, 5) is 35.9. The van der Waals surface area contributed by atoms with E-state index in [1.807, 2.05) is 17.9 Å². The second-order valence-corrected chi connectivity index (χ2v) is 6.42. The third-order valence-electron chi connectivity index (χ3n) is 4.29. The molecule has 23 heavy (non-hydrogen) atoms. The third-order valence-corrected chi connectivity index (χ3v) is 4.29. The van der Waals surface area contributed by atoms with Gasteiger partial charge in [0.25, 0.3) is 0 Å². The minimum atomic E-state index is 0.100. The number of likely N-dealkylation sites (tertiary alicyclic amines) is 1. The fourth-order valence-corrected chi connectivity index (χ4v) is 2.96. The van der Waals surface area contributed by atoms with E-state index in [-0.39, 0.29) is 17.7 Å². The molecule has 1 aliphatic rings. The Labute approximate surface area is 137 Å². The van der Waals surface area contributed by atoms with Crippen molar-refractivity contribution in [3.63, 3.8) is 0 Å². The Morgan fingerprint density at radius 1 is 1.35 bits per heavy atom. The standard InChI is InChI=1S/C17H26N4O2/c1-12-18-15(7-8-17(23)20(3)4)10-16(19-12)14-6-5-9-21(11-14)13(2)22/h10,14H,5-9,11H2,1-4H3. The molecular formula is C17H26N4O2. The summed E-state index contributed by atoms with van der Waals surface area (Å²) in [5, 5.41) is 0. The number of hydrogen-bond acceptors (Lipinski definition) is 4. The SMILES string of the molecule is CC(=O)N1CCCC(c2cc(CCC(=O)N(C)C)nc(C)n2)C1. The lowest BCUT2D eigenvalue weighted by Gasteiger charge is -2.32. The summed E-state index contributed by atoms with van der Waals surface area (Å²) >= 11 is 0. The molecule has 0 aliphatic carbocycles. The highest BCUT2D eigenvalue weighted by Gasteiger charge is 2.24. The summed E-state index contributed by atoms with van der Waals surface area (Å²) in [6.07, 6.45) is 3.11. The highest BCUT2D eigenvalue weighted by Crippen LogP contribution is 2.26. The Bertz CT molecular complexity index is 586. The van der Waals surface area contributed by atoms with Crippen LogP contribution in [0.5, 0.6) is 0 Å². The molecule has 0 aromatic carbocycles. The van der Waals surface area contributed by atoms with E-state index in [2.05, 4.69) is 9.97 Å². The lowest BCUT2D eigenvalue weighted by molar-refractivity contribution is -0.130. The van der Waals surface area contributed by atoms with Crippen LogP contribution in [0, 0.1) is 6.92 Å². The molecule has 126 valence electrons. The normalized spacial score (nSPS) is 17.9. The lowest BCUT2D eigenvalue weighted by atomic mass is 9.93. The fraction of sp³-hybridized carbons (Fsp3) is 0.647. The largest absolute Gasteiger partial charge is 0.349 e. The van der Waals surface area contributed by atoms with E-state index in [1.54, 1.807) is 25.9 Å². The quantitative estimate of drug-likeness (QED) is 0.844. The minimum absolute atomic E-state index is 0.100. The van der Waals surface area contributed by atoms with Crippen molar-refractivity contribution in [3.8, 4) is 0 Å². The van der Waals surface area contributed by atoms with Gasteiger partial charge in [0, 0.05) is 57.8 Å². The molecule has 0 N–H and O–H groups in total. The van der Waals surface area contributed by atoms with Gasteiger partial charge in [-0.3, -0.25) is 9.59 Å². The van der Waals surface area contributed by atoms with Crippen LogP contribution in [-0.2, 0) is 16.0 Å². The molecule has 1 aromatic rings. The van der Waals surface area contributed by atoms with Gasteiger partial charge in [-0.15, -0.1) is 0 Å². The second-order valence-electron chi connectivity index (χ2n) is 6.42. The molecule has 0 bridgehead atoms. The predicted molar refractivity (Wildman–Crippen MR) is 88.0 cm³/mol. The Morgan fingerprint density at radius 2 is 2.09 bits per heavy atom. The number of nitrogens with zero attached hydrogens (tertiary/aromatic N) is 4. The van der Waals surface area contributed by atoms with Gasteiger partial charge in [-0.1, -0.05) is 0 Å². The number of aryl methyl sites for hydroxylation is 2. The van der Waals surface area contributed by atoms with Gasteiger partial charge in [-0.2, -0.15) is 0 Å². The van der Waals surface area contributed by atoms with Crippen molar-refractivity contribution >= 4 is 11.8 Å². The molecule has 2 heterocycles. The molecule has 1 unspecified atom stereocenters. The minimum Gasteiger partial charge on any atom is -0.349 e. The van der Waals surface area contributed by atoms with Crippen LogP contribution in [-0.4, -0.2) is 58.8 Å². The average Bonchev–Trinajstić information content (AvgIpc) is 2.52. The highest BCUT2D eigenvalue weighted by molar-refractivity contribution is 5.75. The molecule has 1 fully saturated rings. The molecule has 0 spiro atoms. The maximum absolute atomic E-state index is 11.7. The highest BCUT2D eigenvalue weighted by atomic mass is 16.2.